The summed E-state index contributed by atoms with van der Waals surface area (Å²) in [6.45, 7) is 0. The Hall–Kier alpha value is -2.61. The largest absolute Gasteiger partial charge is 0.478 e. The number of aliphatic carboxylic acids is 1. The SMILES string of the molecule is O=C(O)C=Cc1cnc(NC(=O)c2cc(F)cc(F)c2)s1. The van der Waals surface area contributed by atoms with Crippen LogP contribution in [0.2, 0.25) is 0 Å². The number of rotatable bonds is 4. The molecule has 5 nitrogen and oxygen atoms in total. The average Bonchev–Trinajstić information content (AvgIpc) is 2.83. The fourth-order valence-electron chi connectivity index (χ4n) is 1.43. The summed E-state index contributed by atoms with van der Waals surface area (Å²) in [5.41, 5.74) is -0.176. The van der Waals surface area contributed by atoms with Crippen molar-refractivity contribution in [3.63, 3.8) is 0 Å². The predicted octanol–water partition coefficient (Wildman–Crippen LogP) is 2.77. The second-order valence-corrected chi connectivity index (χ2v) is 4.91. The number of halogens is 2. The van der Waals surface area contributed by atoms with Crippen LogP contribution in [0.3, 0.4) is 0 Å². The highest BCUT2D eigenvalue weighted by Gasteiger charge is 2.11. The van der Waals surface area contributed by atoms with Crippen LogP contribution < -0.4 is 5.32 Å². The summed E-state index contributed by atoms with van der Waals surface area (Å²) >= 11 is 1.03. The van der Waals surface area contributed by atoms with E-state index >= 15 is 0 Å². The Bertz CT molecular complexity index is 708. The number of aromatic nitrogens is 1. The van der Waals surface area contributed by atoms with Gasteiger partial charge in [-0.1, -0.05) is 11.3 Å². The number of anilines is 1. The van der Waals surface area contributed by atoms with Crippen LogP contribution in [-0.2, 0) is 4.79 Å². The Morgan fingerprint density at radius 2 is 1.90 bits per heavy atom. The van der Waals surface area contributed by atoms with Crippen LogP contribution in [0.1, 0.15) is 15.2 Å². The van der Waals surface area contributed by atoms with Crippen LogP contribution in [0.5, 0.6) is 0 Å². The predicted molar refractivity (Wildman–Crippen MR) is 73.1 cm³/mol. The summed E-state index contributed by atoms with van der Waals surface area (Å²) < 4.78 is 26.0. The van der Waals surface area contributed by atoms with E-state index in [0.717, 1.165) is 29.5 Å². The van der Waals surface area contributed by atoms with Gasteiger partial charge in [0.1, 0.15) is 11.6 Å². The Labute approximate surface area is 121 Å². The van der Waals surface area contributed by atoms with Gasteiger partial charge in [0, 0.05) is 28.8 Å². The van der Waals surface area contributed by atoms with E-state index in [9.17, 15) is 18.4 Å². The van der Waals surface area contributed by atoms with E-state index in [2.05, 4.69) is 10.3 Å². The molecule has 0 atom stereocenters. The van der Waals surface area contributed by atoms with Gasteiger partial charge in [0.25, 0.3) is 5.91 Å². The van der Waals surface area contributed by atoms with E-state index in [1.165, 1.54) is 12.3 Å². The second kappa shape index (κ2) is 6.23. The van der Waals surface area contributed by atoms with Crippen LogP contribution in [0.25, 0.3) is 6.08 Å². The molecule has 0 radical (unpaired) electrons. The molecule has 0 aliphatic carbocycles. The van der Waals surface area contributed by atoms with Gasteiger partial charge in [-0.2, -0.15) is 0 Å². The highest BCUT2D eigenvalue weighted by Crippen LogP contribution is 2.20. The first-order chi connectivity index (χ1) is 9.94. The third-order valence-corrected chi connectivity index (χ3v) is 3.14. The third kappa shape index (κ3) is 4.18. The van der Waals surface area contributed by atoms with Crippen LogP contribution in [0, 0.1) is 11.6 Å². The van der Waals surface area contributed by atoms with Crippen molar-refractivity contribution in [3.8, 4) is 0 Å². The van der Waals surface area contributed by atoms with Crippen molar-refractivity contribution in [2.75, 3.05) is 5.32 Å². The zero-order valence-corrected chi connectivity index (χ0v) is 11.2. The van der Waals surface area contributed by atoms with Crippen molar-refractivity contribution >= 4 is 34.4 Å². The highest BCUT2D eigenvalue weighted by atomic mass is 32.1. The number of hydrogen-bond donors (Lipinski definition) is 2. The molecule has 108 valence electrons. The lowest BCUT2D eigenvalue weighted by Gasteiger charge is -2.02. The molecule has 0 aliphatic heterocycles. The van der Waals surface area contributed by atoms with Crippen molar-refractivity contribution in [2.45, 2.75) is 0 Å². The van der Waals surface area contributed by atoms with E-state index in [0.29, 0.717) is 10.9 Å². The Balaban J connectivity index is 2.11. The van der Waals surface area contributed by atoms with Crippen molar-refractivity contribution < 1.29 is 23.5 Å². The van der Waals surface area contributed by atoms with E-state index in [1.54, 1.807) is 0 Å². The molecule has 2 rings (SSSR count). The number of benzene rings is 1. The number of amides is 1. The number of nitrogens with zero attached hydrogens (tertiary/aromatic N) is 1. The van der Waals surface area contributed by atoms with E-state index in [4.69, 9.17) is 5.11 Å². The van der Waals surface area contributed by atoms with Gasteiger partial charge in [0.15, 0.2) is 5.13 Å². The van der Waals surface area contributed by atoms with Crippen molar-refractivity contribution in [2.24, 2.45) is 0 Å². The summed E-state index contributed by atoms with van der Waals surface area (Å²) in [4.78, 5) is 26.5. The maximum absolute atomic E-state index is 13.0. The molecule has 0 spiro atoms. The Kier molecular flexibility index (Phi) is 4.39. The molecule has 0 fully saturated rings. The van der Waals surface area contributed by atoms with Crippen LogP contribution >= 0.6 is 11.3 Å². The van der Waals surface area contributed by atoms with Gasteiger partial charge in [0.2, 0.25) is 0 Å². The summed E-state index contributed by atoms with van der Waals surface area (Å²) in [5, 5.41) is 11.0. The fourth-order valence-corrected chi connectivity index (χ4v) is 2.14. The summed E-state index contributed by atoms with van der Waals surface area (Å²) in [6.07, 6.45) is 3.62. The number of thiazole rings is 1. The number of hydrogen-bond acceptors (Lipinski definition) is 4. The van der Waals surface area contributed by atoms with E-state index < -0.39 is 23.5 Å². The van der Waals surface area contributed by atoms with E-state index in [-0.39, 0.29) is 10.7 Å². The van der Waals surface area contributed by atoms with Crippen LogP contribution in [0.4, 0.5) is 13.9 Å². The molecule has 2 N–H and O–H groups in total. The number of carbonyl (C=O) groups is 2. The van der Waals surface area contributed by atoms with Gasteiger partial charge >= 0.3 is 5.97 Å². The first-order valence-corrected chi connectivity index (χ1v) is 6.40. The normalized spacial score (nSPS) is 10.8. The third-order valence-electron chi connectivity index (χ3n) is 2.26. The van der Waals surface area contributed by atoms with Gasteiger partial charge in [0.05, 0.1) is 0 Å². The van der Waals surface area contributed by atoms with Gasteiger partial charge in [-0.25, -0.2) is 18.6 Å². The molecule has 2 aromatic rings. The van der Waals surface area contributed by atoms with E-state index in [1.807, 2.05) is 0 Å². The van der Waals surface area contributed by atoms with Crippen molar-refractivity contribution in [3.05, 3.63) is 52.5 Å². The minimum absolute atomic E-state index is 0.176. The molecule has 8 heteroatoms. The lowest BCUT2D eigenvalue weighted by molar-refractivity contribution is -0.131. The molecule has 1 amide bonds. The second-order valence-electron chi connectivity index (χ2n) is 3.85. The molecule has 0 bridgehead atoms. The number of carboxylic acids is 1. The highest BCUT2D eigenvalue weighted by molar-refractivity contribution is 7.16. The fraction of sp³-hybridized carbons (Fsp3) is 0. The zero-order valence-electron chi connectivity index (χ0n) is 10.3. The zero-order chi connectivity index (χ0) is 15.4. The van der Waals surface area contributed by atoms with Gasteiger partial charge in [-0.05, 0) is 18.2 Å². The lowest BCUT2D eigenvalue weighted by Crippen LogP contribution is -2.12. The smallest absolute Gasteiger partial charge is 0.328 e. The van der Waals surface area contributed by atoms with Gasteiger partial charge in [-0.15, -0.1) is 0 Å². The Morgan fingerprint density at radius 3 is 2.52 bits per heavy atom. The average molecular weight is 310 g/mol. The first-order valence-electron chi connectivity index (χ1n) is 5.58. The number of carboxylic acid groups (broad SMARTS) is 1. The molecule has 0 unspecified atom stereocenters. The van der Waals surface area contributed by atoms with Crippen LogP contribution in [-0.4, -0.2) is 22.0 Å². The summed E-state index contributed by atoms with van der Waals surface area (Å²) in [5.74, 6) is -3.53. The summed E-state index contributed by atoms with van der Waals surface area (Å²) in [7, 11) is 0. The minimum Gasteiger partial charge on any atom is -0.478 e. The molecular weight excluding hydrogens is 302 g/mol. The molecule has 1 aromatic heterocycles. The maximum Gasteiger partial charge on any atom is 0.328 e. The minimum atomic E-state index is -1.11. The standard InChI is InChI=1S/C13H8F2N2O3S/c14-8-3-7(4-9(15)5-8)12(20)17-13-16-6-10(21-13)1-2-11(18)19/h1-6H,(H,18,19)(H,16,17,20). The molecule has 21 heavy (non-hydrogen) atoms. The maximum atomic E-state index is 13.0. The van der Waals surface area contributed by atoms with Gasteiger partial charge < -0.3 is 5.11 Å². The molecule has 0 saturated heterocycles. The van der Waals surface area contributed by atoms with Crippen molar-refractivity contribution in [1.82, 2.24) is 4.98 Å². The molecule has 0 saturated carbocycles. The lowest BCUT2D eigenvalue weighted by atomic mass is 10.2. The van der Waals surface area contributed by atoms with Crippen molar-refractivity contribution in [1.29, 1.82) is 0 Å². The quantitative estimate of drug-likeness (QED) is 0.851. The Morgan fingerprint density at radius 1 is 1.24 bits per heavy atom. The van der Waals surface area contributed by atoms with Gasteiger partial charge in [-0.3, -0.25) is 10.1 Å². The first kappa shape index (κ1) is 14.8. The van der Waals surface area contributed by atoms with Crippen LogP contribution in [0.15, 0.2) is 30.5 Å². The monoisotopic (exact) mass is 310 g/mol. The molecule has 0 aliphatic rings. The topological polar surface area (TPSA) is 79.3 Å². The number of carbonyl (C=O) groups excluding carboxylic acids is 1. The number of nitrogens with one attached hydrogen (secondary N) is 1. The molecule has 1 heterocycles. The molecular formula is C13H8F2N2O3S. The summed E-state index contributed by atoms with van der Waals surface area (Å²) in [6, 6.07) is 2.46. The molecule has 1 aromatic carbocycles.